The fourth-order valence-electron chi connectivity index (χ4n) is 2.31. The van der Waals surface area contributed by atoms with Gasteiger partial charge in [0.05, 0.1) is 6.10 Å². The Bertz CT molecular complexity index is 251. The summed E-state index contributed by atoms with van der Waals surface area (Å²) in [5.41, 5.74) is 5.45. The molecule has 1 aliphatic rings. The summed E-state index contributed by atoms with van der Waals surface area (Å²) in [5.74, 6) is 0.222. The number of carbonyl (C=O) groups excluding carboxylic acids is 1. The number of hydrogen-bond donors (Lipinski definition) is 1. The van der Waals surface area contributed by atoms with Crippen LogP contribution in [0.2, 0.25) is 0 Å². The molecule has 5 heteroatoms. The molecule has 1 saturated heterocycles. The lowest BCUT2D eigenvalue weighted by molar-refractivity contribution is -0.128. The van der Waals surface area contributed by atoms with Gasteiger partial charge in [-0.25, -0.2) is 0 Å². The van der Waals surface area contributed by atoms with Crippen LogP contribution in [0.1, 0.15) is 32.1 Å². The zero-order valence-corrected chi connectivity index (χ0v) is 12.4. The number of amides is 1. The second-order valence-electron chi connectivity index (χ2n) is 5.45. The van der Waals surface area contributed by atoms with E-state index >= 15 is 0 Å². The normalized spacial score (nSPS) is 17.6. The van der Waals surface area contributed by atoms with Crippen molar-refractivity contribution < 1.29 is 9.53 Å². The van der Waals surface area contributed by atoms with Crippen molar-refractivity contribution in [2.24, 2.45) is 5.73 Å². The first kappa shape index (κ1) is 16.4. The summed E-state index contributed by atoms with van der Waals surface area (Å²) in [7, 11) is 3.62. The van der Waals surface area contributed by atoms with Gasteiger partial charge in [0, 0.05) is 40.2 Å². The SMILES string of the molecule is CN(C)C(=O)CCCN1CCC(OCCCN)CC1. The molecule has 1 fully saturated rings. The van der Waals surface area contributed by atoms with Crippen LogP contribution in [0.5, 0.6) is 0 Å². The van der Waals surface area contributed by atoms with Crippen LogP contribution in [0.25, 0.3) is 0 Å². The number of carbonyl (C=O) groups is 1. The summed E-state index contributed by atoms with van der Waals surface area (Å²) in [6.45, 7) is 4.69. The predicted octanol–water partition coefficient (Wildman–Crippen LogP) is 0.685. The maximum absolute atomic E-state index is 11.5. The number of nitrogens with zero attached hydrogens (tertiary/aromatic N) is 2. The predicted molar refractivity (Wildman–Crippen MR) is 77.0 cm³/mol. The number of ether oxygens (including phenoxy) is 1. The van der Waals surface area contributed by atoms with Crippen molar-refractivity contribution in [1.29, 1.82) is 0 Å². The molecule has 5 nitrogen and oxygen atoms in total. The standard InChI is InChI=1S/C14H29N3O2/c1-16(2)14(18)5-3-9-17-10-6-13(7-11-17)19-12-4-8-15/h13H,3-12,15H2,1-2H3. The third-order valence-corrected chi connectivity index (χ3v) is 3.60. The van der Waals surface area contributed by atoms with E-state index in [1.165, 1.54) is 0 Å². The van der Waals surface area contributed by atoms with Gasteiger partial charge in [0.15, 0.2) is 0 Å². The van der Waals surface area contributed by atoms with Gasteiger partial charge < -0.3 is 20.3 Å². The van der Waals surface area contributed by atoms with Crippen LogP contribution >= 0.6 is 0 Å². The van der Waals surface area contributed by atoms with Gasteiger partial charge in [-0.3, -0.25) is 4.79 Å². The molecule has 0 aromatic carbocycles. The Morgan fingerprint density at radius 3 is 2.58 bits per heavy atom. The van der Waals surface area contributed by atoms with Crippen molar-refractivity contribution in [3.05, 3.63) is 0 Å². The van der Waals surface area contributed by atoms with Crippen LogP contribution in [-0.2, 0) is 9.53 Å². The van der Waals surface area contributed by atoms with Gasteiger partial charge in [0.25, 0.3) is 0 Å². The molecule has 1 heterocycles. The Morgan fingerprint density at radius 1 is 1.32 bits per heavy atom. The molecule has 0 aromatic heterocycles. The summed E-state index contributed by atoms with van der Waals surface area (Å²) in [6.07, 6.45) is 5.17. The Balaban J connectivity index is 2.05. The molecule has 0 aliphatic carbocycles. The maximum atomic E-state index is 11.5. The highest BCUT2D eigenvalue weighted by Gasteiger charge is 2.19. The zero-order chi connectivity index (χ0) is 14.1. The molecule has 2 N–H and O–H groups in total. The van der Waals surface area contributed by atoms with Crippen molar-refractivity contribution in [2.75, 3.05) is 46.9 Å². The minimum atomic E-state index is 0.222. The van der Waals surface area contributed by atoms with Gasteiger partial charge in [0.1, 0.15) is 0 Å². The molecule has 1 aliphatic heterocycles. The van der Waals surface area contributed by atoms with E-state index in [-0.39, 0.29) is 5.91 Å². The molecule has 112 valence electrons. The van der Waals surface area contributed by atoms with Gasteiger partial charge in [-0.1, -0.05) is 0 Å². The van der Waals surface area contributed by atoms with Crippen molar-refractivity contribution in [2.45, 2.75) is 38.2 Å². The van der Waals surface area contributed by atoms with Crippen LogP contribution < -0.4 is 5.73 Å². The zero-order valence-electron chi connectivity index (χ0n) is 12.4. The fraction of sp³-hybridized carbons (Fsp3) is 0.929. The lowest BCUT2D eigenvalue weighted by Crippen LogP contribution is -2.38. The van der Waals surface area contributed by atoms with Crippen LogP contribution in [0.4, 0.5) is 0 Å². The molecule has 0 unspecified atom stereocenters. The topological polar surface area (TPSA) is 58.8 Å². The van der Waals surface area contributed by atoms with E-state index in [1.54, 1.807) is 4.90 Å². The summed E-state index contributed by atoms with van der Waals surface area (Å²) in [5, 5.41) is 0. The molecule has 0 saturated carbocycles. The second-order valence-corrected chi connectivity index (χ2v) is 5.45. The van der Waals surface area contributed by atoms with Gasteiger partial charge in [-0.2, -0.15) is 0 Å². The van der Waals surface area contributed by atoms with E-state index in [0.29, 0.717) is 19.1 Å². The van der Waals surface area contributed by atoms with E-state index in [1.807, 2.05) is 14.1 Å². The van der Waals surface area contributed by atoms with Crippen molar-refractivity contribution >= 4 is 5.91 Å². The quantitative estimate of drug-likeness (QED) is 0.660. The first-order valence-electron chi connectivity index (χ1n) is 7.37. The average molecular weight is 271 g/mol. The van der Waals surface area contributed by atoms with Crippen molar-refractivity contribution in [3.63, 3.8) is 0 Å². The number of nitrogens with two attached hydrogens (primary N) is 1. The smallest absolute Gasteiger partial charge is 0.222 e. The molecule has 0 spiro atoms. The third kappa shape index (κ3) is 6.89. The third-order valence-electron chi connectivity index (χ3n) is 3.60. The summed E-state index contributed by atoms with van der Waals surface area (Å²) in [4.78, 5) is 15.6. The molecule has 0 aromatic rings. The fourth-order valence-corrected chi connectivity index (χ4v) is 2.31. The minimum absolute atomic E-state index is 0.222. The highest BCUT2D eigenvalue weighted by Crippen LogP contribution is 2.14. The molecule has 1 amide bonds. The average Bonchev–Trinajstić information content (AvgIpc) is 2.40. The Labute approximate surface area is 117 Å². The van der Waals surface area contributed by atoms with Crippen molar-refractivity contribution in [3.8, 4) is 0 Å². The molecule has 19 heavy (non-hydrogen) atoms. The molecular weight excluding hydrogens is 242 g/mol. The lowest BCUT2D eigenvalue weighted by atomic mass is 10.1. The molecule has 1 rings (SSSR count). The van der Waals surface area contributed by atoms with Crippen LogP contribution in [0, 0.1) is 0 Å². The highest BCUT2D eigenvalue weighted by atomic mass is 16.5. The van der Waals surface area contributed by atoms with E-state index in [0.717, 1.165) is 51.9 Å². The Morgan fingerprint density at radius 2 is 2.00 bits per heavy atom. The van der Waals surface area contributed by atoms with Gasteiger partial charge in [-0.15, -0.1) is 0 Å². The minimum Gasteiger partial charge on any atom is -0.378 e. The van der Waals surface area contributed by atoms with Crippen LogP contribution in [0.3, 0.4) is 0 Å². The van der Waals surface area contributed by atoms with Gasteiger partial charge in [0.2, 0.25) is 5.91 Å². The molecule has 0 radical (unpaired) electrons. The first-order chi connectivity index (χ1) is 9.13. The molecule has 0 bridgehead atoms. The summed E-state index contributed by atoms with van der Waals surface area (Å²) in [6, 6.07) is 0. The number of hydrogen-bond acceptors (Lipinski definition) is 4. The maximum Gasteiger partial charge on any atom is 0.222 e. The highest BCUT2D eigenvalue weighted by molar-refractivity contribution is 5.75. The Hall–Kier alpha value is -0.650. The number of piperidine rings is 1. The lowest BCUT2D eigenvalue weighted by Gasteiger charge is -2.31. The second kappa shape index (κ2) is 9.28. The number of likely N-dealkylation sites (tertiary alicyclic amines) is 1. The summed E-state index contributed by atoms with van der Waals surface area (Å²) < 4.78 is 5.78. The first-order valence-corrected chi connectivity index (χ1v) is 7.37. The summed E-state index contributed by atoms with van der Waals surface area (Å²) >= 11 is 0. The van der Waals surface area contributed by atoms with Crippen LogP contribution in [-0.4, -0.2) is 68.7 Å². The number of rotatable bonds is 8. The van der Waals surface area contributed by atoms with E-state index in [4.69, 9.17) is 10.5 Å². The van der Waals surface area contributed by atoms with Crippen LogP contribution in [0.15, 0.2) is 0 Å². The molecular formula is C14H29N3O2. The van der Waals surface area contributed by atoms with Crippen molar-refractivity contribution in [1.82, 2.24) is 9.80 Å². The van der Waals surface area contributed by atoms with E-state index in [2.05, 4.69) is 4.90 Å². The largest absolute Gasteiger partial charge is 0.378 e. The molecule has 0 atom stereocenters. The van der Waals surface area contributed by atoms with Gasteiger partial charge >= 0.3 is 0 Å². The van der Waals surface area contributed by atoms with E-state index in [9.17, 15) is 4.79 Å². The monoisotopic (exact) mass is 271 g/mol. The van der Waals surface area contributed by atoms with Gasteiger partial charge in [-0.05, 0) is 38.8 Å². The van der Waals surface area contributed by atoms with E-state index < -0.39 is 0 Å². The Kier molecular flexibility index (Phi) is 8.02.